The number of benzene rings is 2. The van der Waals surface area contributed by atoms with Crippen LogP contribution in [0.2, 0.25) is 5.02 Å². The van der Waals surface area contributed by atoms with E-state index in [1.165, 1.54) is 0 Å². The van der Waals surface area contributed by atoms with Crippen LogP contribution in [-0.2, 0) is 0 Å². The normalized spacial score (nSPS) is 10.2. The van der Waals surface area contributed by atoms with Gasteiger partial charge in [-0.3, -0.25) is 0 Å². The Kier molecular flexibility index (Phi) is 4.68. The molecule has 2 aromatic carbocycles. The fraction of sp³-hybridized carbons (Fsp3) is 0.133. The molecule has 0 atom stereocenters. The third-order valence-corrected chi connectivity index (χ3v) is 3.70. The first kappa shape index (κ1) is 14.9. The summed E-state index contributed by atoms with van der Waals surface area (Å²) in [6.07, 6.45) is 0. The molecule has 0 radical (unpaired) electrons. The van der Waals surface area contributed by atoms with Gasteiger partial charge in [-0.1, -0.05) is 17.7 Å². The lowest BCUT2D eigenvalue weighted by atomic mass is 10.2. The van der Waals surface area contributed by atoms with E-state index in [4.69, 9.17) is 11.6 Å². The number of hydrogen-bond donors (Lipinski definition) is 2. The van der Waals surface area contributed by atoms with Gasteiger partial charge in [0, 0.05) is 15.2 Å². The molecule has 0 fully saturated rings. The molecular formula is C15H14BrClN2O. The van der Waals surface area contributed by atoms with Crippen molar-refractivity contribution in [2.45, 2.75) is 13.8 Å². The minimum absolute atomic E-state index is 0.292. The van der Waals surface area contributed by atoms with E-state index >= 15 is 0 Å². The van der Waals surface area contributed by atoms with Crippen LogP contribution >= 0.6 is 27.5 Å². The molecule has 3 nitrogen and oxygen atoms in total. The smallest absolute Gasteiger partial charge is 0.307 e. The van der Waals surface area contributed by atoms with Crippen LogP contribution in [0.3, 0.4) is 0 Å². The predicted molar refractivity (Wildman–Crippen MR) is 87.7 cm³/mol. The Bertz CT molecular complexity index is 603. The zero-order valence-corrected chi connectivity index (χ0v) is 13.5. The molecular weight excluding hydrogens is 340 g/mol. The summed E-state index contributed by atoms with van der Waals surface area (Å²) in [7, 11) is 0. The third-order valence-electron chi connectivity index (χ3n) is 2.81. The lowest BCUT2D eigenvalue weighted by Crippen LogP contribution is -2.20. The van der Waals surface area contributed by atoms with Gasteiger partial charge in [0.15, 0.2) is 0 Å². The molecule has 0 heterocycles. The average molecular weight is 354 g/mol. The van der Waals surface area contributed by atoms with E-state index < -0.39 is 0 Å². The Balaban J connectivity index is 2.09. The predicted octanol–water partition coefficient (Wildman–Crippen LogP) is 5.36. The molecule has 2 amide bonds. The van der Waals surface area contributed by atoms with Crippen molar-refractivity contribution in [3.8, 4) is 0 Å². The van der Waals surface area contributed by atoms with E-state index in [1.54, 1.807) is 18.2 Å². The van der Waals surface area contributed by atoms with Crippen LogP contribution in [0.25, 0.3) is 0 Å². The fourth-order valence-corrected chi connectivity index (χ4v) is 2.58. The summed E-state index contributed by atoms with van der Waals surface area (Å²) in [4.78, 5) is 12.0. The number of aryl methyl sites for hydroxylation is 2. The first-order chi connectivity index (χ1) is 9.45. The van der Waals surface area contributed by atoms with Crippen molar-refractivity contribution >= 4 is 44.9 Å². The number of carbonyl (C=O) groups is 1. The number of rotatable bonds is 2. The van der Waals surface area contributed by atoms with Crippen LogP contribution in [0.5, 0.6) is 0 Å². The van der Waals surface area contributed by atoms with Gasteiger partial charge in [-0.05, 0) is 71.2 Å². The van der Waals surface area contributed by atoms with Gasteiger partial charge < -0.3 is 10.6 Å². The van der Waals surface area contributed by atoms with E-state index in [2.05, 4.69) is 26.6 Å². The summed E-state index contributed by atoms with van der Waals surface area (Å²) in [5.74, 6) is 0. The molecule has 0 aliphatic rings. The zero-order chi connectivity index (χ0) is 14.7. The lowest BCUT2D eigenvalue weighted by Gasteiger charge is -2.11. The van der Waals surface area contributed by atoms with Crippen LogP contribution in [0.1, 0.15) is 11.1 Å². The number of carbonyl (C=O) groups excluding carboxylic acids is 1. The van der Waals surface area contributed by atoms with E-state index in [-0.39, 0.29) is 6.03 Å². The number of hydrogen-bond acceptors (Lipinski definition) is 1. The molecule has 2 N–H and O–H groups in total. The molecule has 2 rings (SSSR count). The van der Waals surface area contributed by atoms with E-state index in [0.717, 1.165) is 27.0 Å². The van der Waals surface area contributed by atoms with Gasteiger partial charge in [0.05, 0.1) is 5.69 Å². The summed E-state index contributed by atoms with van der Waals surface area (Å²) >= 11 is 9.31. The standard InChI is InChI=1S/C15H14BrClN2O/c1-9-3-5-14(12(16)7-9)19-15(20)18-13-6-4-11(17)8-10(13)2/h3-8H,1-2H3,(H2,18,19,20). The van der Waals surface area contributed by atoms with Gasteiger partial charge in [-0.25, -0.2) is 4.79 Å². The van der Waals surface area contributed by atoms with Crippen LogP contribution in [0, 0.1) is 13.8 Å². The highest BCUT2D eigenvalue weighted by Gasteiger charge is 2.07. The van der Waals surface area contributed by atoms with Gasteiger partial charge in [0.25, 0.3) is 0 Å². The summed E-state index contributed by atoms with van der Waals surface area (Å²) < 4.78 is 0.848. The minimum atomic E-state index is -0.292. The maximum absolute atomic E-state index is 12.0. The SMILES string of the molecule is Cc1ccc(NC(=O)Nc2ccc(Cl)cc2C)c(Br)c1. The quantitative estimate of drug-likeness (QED) is 0.749. The van der Waals surface area contributed by atoms with Crippen molar-refractivity contribution in [1.29, 1.82) is 0 Å². The first-order valence-electron chi connectivity index (χ1n) is 6.06. The number of halogens is 2. The number of anilines is 2. The van der Waals surface area contributed by atoms with Crippen LogP contribution < -0.4 is 10.6 Å². The molecule has 104 valence electrons. The lowest BCUT2D eigenvalue weighted by molar-refractivity contribution is 0.262. The Morgan fingerprint density at radius 1 is 1.05 bits per heavy atom. The van der Waals surface area contributed by atoms with Crippen molar-refractivity contribution in [2.75, 3.05) is 10.6 Å². The van der Waals surface area contributed by atoms with Gasteiger partial charge >= 0.3 is 6.03 Å². The van der Waals surface area contributed by atoms with E-state index in [9.17, 15) is 4.79 Å². The topological polar surface area (TPSA) is 41.1 Å². The fourth-order valence-electron chi connectivity index (χ4n) is 1.76. The van der Waals surface area contributed by atoms with Crippen LogP contribution in [0.15, 0.2) is 40.9 Å². The highest BCUT2D eigenvalue weighted by molar-refractivity contribution is 9.10. The monoisotopic (exact) mass is 352 g/mol. The third kappa shape index (κ3) is 3.74. The molecule has 5 heteroatoms. The second-order valence-electron chi connectivity index (χ2n) is 4.52. The minimum Gasteiger partial charge on any atom is -0.307 e. The zero-order valence-electron chi connectivity index (χ0n) is 11.1. The van der Waals surface area contributed by atoms with Crippen LogP contribution in [-0.4, -0.2) is 6.03 Å². The Labute approximate surface area is 131 Å². The maximum Gasteiger partial charge on any atom is 0.323 e. The summed E-state index contributed by atoms with van der Waals surface area (Å²) in [6.45, 7) is 3.88. The van der Waals surface area contributed by atoms with Crippen molar-refractivity contribution in [2.24, 2.45) is 0 Å². The van der Waals surface area contributed by atoms with Gasteiger partial charge in [-0.2, -0.15) is 0 Å². The number of urea groups is 1. The molecule has 2 aromatic rings. The van der Waals surface area contributed by atoms with Gasteiger partial charge in [-0.15, -0.1) is 0 Å². The molecule has 0 saturated carbocycles. The summed E-state index contributed by atoms with van der Waals surface area (Å²) in [5, 5.41) is 6.24. The van der Waals surface area contributed by atoms with Crippen LogP contribution in [0.4, 0.5) is 16.2 Å². The Hall–Kier alpha value is -1.52. The maximum atomic E-state index is 12.0. The van der Waals surface area contributed by atoms with Crippen molar-refractivity contribution in [3.05, 3.63) is 57.0 Å². The second kappa shape index (κ2) is 6.29. The van der Waals surface area contributed by atoms with Gasteiger partial charge in [0.1, 0.15) is 0 Å². The largest absolute Gasteiger partial charge is 0.323 e. The highest BCUT2D eigenvalue weighted by Crippen LogP contribution is 2.24. The summed E-state index contributed by atoms with van der Waals surface area (Å²) in [5.41, 5.74) is 3.49. The molecule has 0 spiro atoms. The number of amides is 2. The first-order valence-corrected chi connectivity index (χ1v) is 7.23. The Morgan fingerprint density at radius 2 is 1.70 bits per heavy atom. The van der Waals surface area contributed by atoms with Gasteiger partial charge in [0.2, 0.25) is 0 Å². The van der Waals surface area contributed by atoms with Crippen molar-refractivity contribution < 1.29 is 4.79 Å². The highest BCUT2D eigenvalue weighted by atomic mass is 79.9. The number of nitrogens with one attached hydrogen (secondary N) is 2. The molecule has 20 heavy (non-hydrogen) atoms. The van der Waals surface area contributed by atoms with E-state index in [0.29, 0.717) is 5.02 Å². The Morgan fingerprint density at radius 3 is 2.35 bits per heavy atom. The molecule has 0 aliphatic carbocycles. The van der Waals surface area contributed by atoms with E-state index in [1.807, 2.05) is 32.0 Å². The summed E-state index contributed by atoms with van der Waals surface area (Å²) in [6, 6.07) is 10.8. The molecule has 0 aromatic heterocycles. The molecule has 0 bridgehead atoms. The average Bonchev–Trinajstić information content (AvgIpc) is 2.36. The molecule has 0 unspecified atom stereocenters. The second-order valence-corrected chi connectivity index (χ2v) is 5.81. The van der Waals surface area contributed by atoms with Crippen molar-refractivity contribution in [1.82, 2.24) is 0 Å². The molecule has 0 saturated heterocycles. The molecule has 0 aliphatic heterocycles. The van der Waals surface area contributed by atoms with Crippen molar-refractivity contribution in [3.63, 3.8) is 0 Å².